The first-order valence-electron chi connectivity index (χ1n) is 1.77. The molecule has 0 atom stereocenters. The molecule has 0 bridgehead atoms. The van der Waals surface area contributed by atoms with E-state index in [1.165, 1.54) is 11.8 Å². The van der Waals surface area contributed by atoms with E-state index >= 15 is 0 Å². The Bertz CT molecular complexity index is 66.0. The van der Waals surface area contributed by atoms with Crippen molar-refractivity contribution in [3.63, 3.8) is 0 Å². The first kappa shape index (κ1) is 6.78. The SMILES string of the molecule is NCSCC(=O)O. The van der Waals surface area contributed by atoms with Gasteiger partial charge >= 0.3 is 5.97 Å². The summed E-state index contributed by atoms with van der Waals surface area (Å²) in [5.41, 5.74) is 4.98. The highest BCUT2D eigenvalue weighted by atomic mass is 32.2. The number of rotatable bonds is 3. The summed E-state index contributed by atoms with van der Waals surface area (Å²) in [7, 11) is 0. The largest absolute Gasteiger partial charge is 0.481 e. The topological polar surface area (TPSA) is 63.3 Å². The number of carboxylic acids is 1. The quantitative estimate of drug-likeness (QED) is 0.504. The molecule has 0 aromatic rings. The zero-order valence-electron chi connectivity index (χ0n) is 3.76. The van der Waals surface area contributed by atoms with Crippen molar-refractivity contribution in [2.75, 3.05) is 11.6 Å². The van der Waals surface area contributed by atoms with E-state index in [1.807, 2.05) is 0 Å². The molecular formula is C3H7NO2S. The minimum atomic E-state index is -0.810. The lowest BCUT2D eigenvalue weighted by Gasteiger charge is -1.86. The van der Waals surface area contributed by atoms with Crippen LogP contribution in [0.25, 0.3) is 0 Å². The third kappa shape index (κ3) is 5.78. The number of aliphatic carboxylic acids is 1. The first-order valence-corrected chi connectivity index (χ1v) is 2.92. The first-order chi connectivity index (χ1) is 3.27. The fourth-order valence-electron chi connectivity index (χ4n) is 0.146. The van der Waals surface area contributed by atoms with Gasteiger partial charge in [0.15, 0.2) is 0 Å². The molecule has 3 N–H and O–H groups in total. The zero-order valence-corrected chi connectivity index (χ0v) is 4.57. The van der Waals surface area contributed by atoms with E-state index in [9.17, 15) is 4.79 Å². The van der Waals surface area contributed by atoms with Crippen molar-refractivity contribution < 1.29 is 9.90 Å². The van der Waals surface area contributed by atoms with E-state index in [4.69, 9.17) is 10.8 Å². The summed E-state index contributed by atoms with van der Waals surface area (Å²) in [6, 6.07) is 0. The molecule has 0 aliphatic carbocycles. The average Bonchev–Trinajstić information content (AvgIpc) is 1.61. The Morgan fingerprint density at radius 3 is 2.57 bits per heavy atom. The molecule has 0 amide bonds. The Morgan fingerprint density at radius 2 is 2.43 bits per heavy atom. The molecule has 0 radical (unpaired) electrons. The highest BCUT2D eigenvalue weighted by Gasteiger charge is 1.91. The van der Waals surface area contributed by atoms with Crippen LogP contribution in [-0.4, -0.2) is 22.7 Å². The number of nitrogens with two attached hydrogens (primary N) is 1. The lowest BCUT2D eigenvalue weighted by Crippen LogP contribution is -2.02. The van der Waals surface area contributed by atoms with Gasteiger partial charge in [-0.15, -0.1) is 11.8 Å². The Kier molecular flexibility index (Phi) is 3.83. The van der Waals surface area contributed by atoms with Crippen LogP contribution < -0.4 is 5.73 Å². The highest BCUT2D eigenvalue weighted by molar-refractivity contribution is 7.99. The lowest BCUT2D eigenvalue weighted by molar-refractivity contribution is -0.133. The second kappa shape index (κ2) is 3.95. The van der Waals surface area contributed by atoms with Crippen LogP contribution in [0.4, 0.5) is 0 Å². The standard InChI is InChI=1S/C3H7NO2S/c4-2-7-1-3(5)6/h1-2,4H2,(H,5,6). The number of carbonyl (C=O) groups is 1. The molecule has 0 saturated carbocycles. The van der Waals surface area contributed by atoms with Crippen LogP contribution in [0.15, 0.2) is 0 Å². The summed E-state index contributed by atoms with van der Waals surface area (Å²) < 4.78 is 0. The molecule has 0 spiro atoms. The van der Waals surface area contributed by atoms with E-state index in [0.29, 0.717) is 5.88 Å². The van der Waals surface area contributed by atoms with Crippen molar-refractivity contribution in [1.82, 2.24) is 0 Å². The van der Waals surface area contributed by atoms with Crippen LogP contribution >= 0.6 is 11.8 Å². The van der Waals surface area contributed by atoms with Gasteiger partial charge in [0.1, 0.15) is 0 Å². The minimum Gasteiger partial charge on any atom is -0.481 e. The van der Waals surface area contributed by atoms with Gasteiger partial charge in [0.05, 0.1) is 5.75 Å². The van der Waals surface area contributed by atoms with Crippen molar-refractivity contribution in [3.05, 3.63) is 0 Å². The van der Waals surface area contributed by atoms with Crippen LogP contribution in [0.1, 0.15) is 0 Å². The van der Waals surface area contributed by atoms with Crippen molar-refractivity contribution in [2.45, 2.75) is 0 Å². The molecule has 0 saturated heterocycles. The number of thioether (sulfide) groups is 1. The predicted molar refractivity (Wildman–Crippen MR) is 29.1 cm³/mol. The molecule has 0 aromatic carbocycles. The third-order valence-electron chi connectivity index (χ3n) is 0.343. The number of hydrogen-bond acceptors (Lipinski definition) is 3. The summed E-state index contributed by atoms with van der Waals surface area (Å²) >= 11 is 1.19. The van der Waals surface area contributed by atoms with Gasteiger partial charge in [-0.05, 0) is 0 Å². The van der Waals surface area contributed by atoms with E-state index in [0.717, 1.165) is 0 Å². The van der Waals surface area contributed by atoms with Gasteiger partial charge in [0, 0.05) is 5.88 Å². The van der Waals surface area contributed by atoms with Crippen LogP contribution in [-0.2, 0) is 4.79 Å². The fraction of sp³-hybridized carbons (Fsp3) is 0.667. The summed E-state index contributed by atoms with van der Waals surface area (Å²) in [6.45, 7) is 0. The van der Waals surface area contributed by atoms with Crippen molar-refractivity contribution in [2.24, 2.45) is 5.73 Å². The number of carboxylic acid groups (broad SMARTS) is 1. The van der Waals surface area contributed by atoms with Gasteiger partial charge in [-0.3, -0.25) is 4.79 Å². The summed E-state index contributed by atoms with van der Waals surface area (Å²) in [6.07, 6.45) is 0. The predicted octanol–water partition coefficient (Wildman–Crippen LogP) is -0.280. The van der Waals surface area contributed by atoms with E-state index in [1.54, 1.807) is 0 Å². The molecular weight excluding hydrogens is 114 g/mol. The highest BCUT2D eigenvalue weighted by Crippen LogP contribution is 1.91. The average molecular weight is 121 g/mol. The second-order valence-corrected chi connectivity index (χ2v) is 1.94. The Balaban J connectivity index is 2.82. The molecule has 0 aromatic heterocycles. The normalized spacial score (nSPS) is 8.71. The smallest absolute Gasteiger partial charge is 0.313 e. The monoisotopic (exact) mass is 121 g/mol. The van der Waals surface area contributed by atoms with Gasteiger partial charge in [-0.2, -0.15) is 0 Å². The maximum atomic E-state index is 9.68. The molecule has 0 unspecified atom stereocenters. The maximum Gasteiger partial charge on any atom is 0.313 e. The molecule has 0 rings (SSSR count). The molecule has 0 fully saturated rings. The van der Waals surface area contributed by atoms with Crippen LogP contribution in [0.5, 0.6) is 0 Å². The summed E-state index contributed by atoms with van der Waals surface area (Å²) in [4.78, 5) is 9.68. The van der Waals surface area contributed by atoms with Crippen molar-refractivity contribution >= 4 is 17.7 Å². The molecule has 4 heteroatoms. The molecule has 0 aliphatic heterocycles. The van der Waals surface area contributed by atoms with Gasteiger partial charge < -0.3 is 10.8 Å². The Hall–Kier alpha value is -0.220. The fourth-order valence-corrected chi connectivity index (χ4v) is 0.439. The number of hydrogen-bond donors (Lipinski definition) is 2. The van der Waals surface area contributed by atoms with Crippen molar-refractivity contribution in [3.8, 4) is 0 Å². The zero-order chi connectivity index (χ0) is 5.70. The van der Waals surface area contributed by atoms with E-state index in [-0.39, 0.29) is 5.75 Å². The van der Waals surface area contributed by atoms with E-state index < -0.39 is 5.97 Å². The molecule has 0 aliphatic rings. The molecule has 0 heterocycles. The molecule has 7 heavy (non-hydrogen) atoms. The summed E-state index contributed by atoms with van der Waals surface area (Å²) in [5.74, 6) is -0.321. The van der Waals surface area contributed by atoms with Crippen LogP contribution in [0.2, 0.25) is 0 Å². The summed E-state index contributed by atoms with van der Waals surface area (Å²) in [5, 5.41) is 7.97. The lowest BCUT2D eigenvalue weighted by atomic mass is 10.8. The molecule has 42 valence electrons. The van der Waals surface area contributed by atoms with E-state index in [2.05, 4.69) is 0 Å². The second-order valence-electron chi connectivity index (χ2n) is 0.909. The van der Waals surface area contributed by atoms with Gasteiger partial charge in [-0.25, -0.2) is 0 Å². The maximum absolute atomic E-state index is 9.68. The van der Waals surface area contributed by atoms with Gasteiger partial charge in [-0.1, -0.05) is 0 Å². The minimum absolute atomic E-state index is 0.108. The Morgan fingerprint density at radius 1 is 1.86 bits per heavy atom. The van der Waals surface area contributed by atoms with Gasteiger partial charge in [0.25, 0.3) is 0 Å². The van der Waals surface area contributed by atoms with Crippen LogP contribution in [0.3, 0.4) is 0 Å². The van der Waals surface area contributed by atoms with Crippen molar-refractivity contribution in [1.29, 1.82) is 0 Å². The van der Waals surface area contributed by atoms with Gasteiger partial charge in [0.2, 0.25) is 0 Å². The molecule has 3 nitrogen and oxygen atoms in total. The van der Waals surface area contributed by atoms with Crippen LogP contribution in [0, 0.1) is 0 Å². The third-order valence-corrected chi connectivity index (χ3v) is 1.03. The Labute approximate surface area is 45.9 Å².